The summed E-state index contributed by atoms with van der Waals surface area (Å²) in [5.74, 6) is -3.52. The van der Waals surface area contributed by atoms with Gasteiger partial charge in [-0.1, -0.05) is 0 Å². The van der Waals surface area contributed by atoms with Crippen LogP contribution in [0.25, 0.3) is 0 Å². The molecule has 0 aromatic carbocycles. The number of hydrogen-bond acceptors (Lipinski definition) is 6. The van der Waals surface area contributed by atoms with Gasteiger partial charge in [-0.2, -0.15) is 24.5 Å². The number of rotatable bonds is 6. The first-order valence-electron chi connectivity index (χ1n) is 8.43. The third kappa shape index (κ3) is 7.04. The van der Waals surface area contributed by atoms with E-state index >= 15 is 0 Å². The summed E-state index contributed by atoms with van der Waals surface area (Å²) in [5, 5.41) is 20.5. The molecule has 0 saturated carbocycles. The van der Waals surface area contributed by atoms with Gasteiger partial charge in [0, 0.05) is 38.8 Å². The lowest BCUT2D eigenvalue weighted by Crippen LogP contribution is -2.57. The van der Waals surface area contributed by atoms with Gasteiger partial charge < -0.3 is 14.9 Å². The van der Waals surface area contributed by atoms with Gasteiger partial charge in [-0.25, -0.2) is 4.79 Å². The molecule has 1 aliphatic heterocycles. The van der Waals surface area contributed by atoms with Crippen LogP contribution >= 0.6 is 11.3 Å². The number of ether oxygens (including phenoxy) is 1. The van der Waals surface area contributed by atoms with Crippen LogP contribution in [0.3, 0.4) is 0 Å². The fraction of sp³-hybridized carbons (Fsp3) is 0.647. The van der Waals surface area contributed by atoms with Gasteiger partial charge in [0.05, 0.1) is 6.61 Å². The number of hydrogen-bond donors (Lipinski definition) is 2. The molecule has 1 fully saturated rings. The molecule has 2 heterocycles. The van der Waals surface area contributed by atoms with E-state index in [9.17, 15) is 23.1 Å². The SMILES string of the molecule is COCC(C)(C)N1CCN(C(C(=O)O)c2ccsc2)CC1.O=C(O)C(F)(F)F. The number of piperazine rings is 1. The van der Waals surface area contributed by atoms with E-state index in [1.807, 2.05) is 16.8 Å². The van der Waals surface area contributed by atoms with E-state index in [1.54, 1.807) is 18.4 Å². The van der Waals surface area contributed by atoms with Crippen LogP contribution in [-0.2, 0) is 14.3 Å². The normalized spacial score (nSPS) is 17.5. The summed E-state index contributed by atoms with van der Waals surface area (Å²) in [5.41, 5.74) is 0.874. The molecule has 1 saturated heterocycles. The molecule has 0 spiro atoms. The average molecular weight is 426 g/mol. The van der Waals surface area contributed by atoms with E-state index < -0.39 is 24.2 Å². The molecule has 1 atom stereocenters. The first-order valence-corrected chi connectivity index (χ1v) is 9.37. The lowest BCUT2D eigenvalue weighted by molar-refractivity contribution is -0.192. The molecule has 0 aliphatic carbocycles. The predicted molar refractivity (Wildman–Crippen MR) is 97.5 cm³/mol. The number of aliphatic carboxylic acids is 2. The molecule has 0 amide bonds. The van der Waals surface area contributed by atoms with Crippen LogP contribution in [0, 0.1) is 0 Å². The Balaban J connectivity index is 0.000000480. The molecule has 2 N–H and O–H groups in total. The Morgan fingerprint density at radius 1 is 1.21 bits per heavy atom. The van der Waals surface area contributed by atoms with Crippen molar-refractivity contribution in [3.63, 3.8) is 0 Å². The molecular weight excluding hydrogens is 401 g/mol. The lowest BCUT2D eigenvalue weighted by atomic mass is 10.0. The highest BCUT2D eigenvalue weighted by Crippen LogP contribution is 2.26. The van der Waals surface area contributed by atoms with Gasteiger partial charge in [0.2, 0.25) is 0 Å². The molecule has 11 heteroatoms. The van der Waals surface area contributed by atoms with Gasteiger partial charge in [0.25, 0.3) is 0 Å². The van der Waals surface area contributed by atoms with Gasteiger partial charge in [-0.15, -0.1) is 0 Å². The molecule has 1 aromatic heterocycles. The van der Waals surface area contributed by atoms with Crippen molar-refractivity contribution in [2.24, 2.45) is 0 Å². The number of carboxylic acids is 2. The van der Waals surface area contributed by atoms with Gasteiger partial charge in [-0.05, 0) is 36.2 Å². The maximum atomic E-state index is 11.6. The third-order valence-corrected chi connectivity index (χ3v) is 5.07. The number of halogens is 3. The highest BCUT2D eigenvalue weighted by atomic mass is 32.1. The number of alkyl halides is 3. The van der Waals surface area contributed by atoms with Crippen molar-refractivity contribution in [2.45, 2.75) is 31.6 Å². The average Bonchev–Trinajstić information content (AvgIpc) is 3.09. The van der Waals surface area contributed by atoms with E-state index in [1.165, 1.54) is 0 Å². The highest BCUT2D eigenvalue weighted by molar-refractivity contribution is 7.08. The van der Waals surface area contributed by atoms with E-state index in [-0.39, 0.29) is 5.54 Å². The molecule has 1 unspecified atom stereocenters. The zero-order chi connectivity index (χ0) is 21.5. The molecule has 7 nitrogen and oxygen atoms in total. The number of methoxy groups -OCH3 is 1. The van der Waals surface area contributed by atoms with Crippen molar-refractivity contribution in [3.8, 4) is 0 Å². The summed E-state index contributed by atoms with van der Waals surface area (Å²) in [4.78, 5) is 24.9. The number of carbonyl (C=O) groups is 2. The Morgan fingerprint density at radius 2 is 1.75 bits per heavy atom. The van der Waals surface area contributed by atoms with Crippen molar-refractivity contribution < 1.29 is 37.7 Å². The minimum Gasteiger partial charge on any atom is -0.480 e. The minimum atomic E-state index is -5.08. The zero-order valence-electron chi connectivity index (χ0n) is 15.9. The molecule has 0 bridgehead atoms. The fourth-order valence-electron chi connectivity index (χ4n) is 2.97. The Bertz CT molecular complexity index is 629. The van der Waals surface area contributed by atoms with Crippen LogP contribution in [0.2, 0.25) is 0 Å². The van der Waals surface area contributed by atoms with Crippen molar-refractivity contribution >= 4 is 23.3 Å². The topological polar surface area (TPSA) is 90.3 Å². The Morgan fingerprint density at radius 3 is 2.11 bits per heavy atom. The maximum Gasteiger partial charge on any atom is 0.490 e. The first kappa shape index (κ1) is 24.3. The molecule has 1 aromatic rings. The van der Waals surface area contributed by atoms with Crippen molar-refractivity contribution in [1.82, 2.24) is 9.80 Å². The zero-order valence-corrected chi connectivity index (χ0v) is 16.7. The second kappa shape index (κ2) is 10.2. The summed E-state index contributed by atoms with van der Waals surface area (Å²) in [6.07, 6.45) is -5.08. The molecule has 28 heavy (non-hydrogen) atoms. The summed E-state index contributed by atoms with van der Waals surface area (Å²) in [7, 11) is 1.72. The lowest BCUT2D eigenvalue weighted by Gasteiger charge is -2.44. The number of carboxylic acid groups (broad SMARTS) is 2. The molecule has 1 aliphatic rings. The number of thiophene rings is 1. The van der Waals surface area contributed by atoms with Crippen molar-refractivity contribution in [3.05, 3.63) is 22.4 Å². The Hall–Kier alpha value is -1.69. The molecule has 0 radical (unpaired) electrons. The van der Waals surface area contributed by atoms with Gasteiger partial charge in [0.15, 0.2) is 0 Å². The predicted octanol–water partition coefficient (Wildman–Crippen LogP) is 2.55. The van der Waals surface area contributed by atoms with E-state index in [0.29, 0.717) is 6.61 Å². The molecule has 160 valence electrons. The van der Waals surface area contributed by atoms with Crippen LogP contribution in [0.15, 0.2) is 16.8 Å². The summed E-state index contributed by atoms with van der Waals surface area (Å²) in [6, 6.07) is 1.38. The van der Waals surface area contributed by atoms with Crippen molar-refractivity contribution in [2.75, 3.05) is 39.9 Å². The second-order valence-corrected chi connectivity index (χ2v) is 7.65. The smallest absolute Gasteiger partial charge is 0.480 e. The van der Waals surface area contributed by atoms with Crippen LogP contribution in [0.4, 0.5) is 13.2 Å². The van der Waals surface area contributed by atoms with Gasteiger partial charge >= 0.3 is 18.1 Å². The van der Waals surface area contributed by atoms with Crippen LogP contribution in [0.1, 0.15) is 25.5 Å². The van der Waals surface area contributed by atoms with E-state index in [0.717, 1.165) is 31.7 Å². The maximum absolute atomic E-state index is 11.6. The first-order chi connectivity index (χ1) is 12.9. The summed E-state index contributed by atoms with van der Waals surface area (Å²) in [6.45, 7) is 8.27. The largest absolute Gasteiger partial charge is 0.490 e. The molecule has 2 rings (SSSR count). The van der Waals surface area contributed by atoms with Crippen molar-refractivity contribution in [1.29, 1.82) is 0 Å². The Kier molecular flexibility index (Phi) is 8.86. The monoisotopic (exact) mass is 426 g/mol. The summed E-state index contributed by atoms with van der Waals surface area (Å²) < 4.78 is 37.0. The third-order valence-electron chi connectivity index (χ3n) is 4.37. The highest BCUT2D eigenvalue weighted by Gasteiger charge is 2.38. The second-order valence-electron chi connectivity index (χ2n) is 6.87. The van der Waals surface area contributed by atoms with Gasteiger partial charge in [-0.3, -0.25) is 14.6 Å². The number of nitrogens with zero attached hydrogens (tertiary/aromatic N) is 2. The quantitative estimate of drug-likeness (QED) is 0.723. The Labute approximate surface area is 165 Å². The minimum absolute atomic E-state index is 0.0120. The molecular formula is C17H25F3N2O5S. The van der Waals surface area contributed by atoms with E-state index in [2.05, 4.69) is 23.6 Å². The van der Waals surface area contributed by atoms with E-state index in [4.69, 9.17) is 14.6 Å². The fourth-order valence-corrected chi connectivity index (χ4v) is 3.65. The van der Waals surface area contributed by atoms with Crippen LogP contribution < -0.4 is 0 Å². The van der Waals surface area contributed by atoms with Crippen LogP contribution in [0.5, 0.6) is 0 Å². The van der Waals surface area contributed by atoms with Crippen LogP contribution in [-0.4, -0.2) is 83.6 Å². The standard InChI is InChI=1S/C15H24N2O3S.C2HF3O2/c1-15(2,11-20-3)17-7-5-16(6-8-17)13(14(18)19)12-4-9-21-10-12;3-2(4,5)1(6)7/h4,9-10,13H,5-8,11H2,1-3H3,(H,18,19);(H,6,7). The van der Waals surface area contributed by atoms with Gasteiger partial charge in [0.1, 0.15) is 6.04 Å². The summed E-state index contributed by atoms with van der Waals surface area (Å²) >= 11 is 1.54.